The maximum Gasteiger partial charge on any atom is 0.221 e. The van der Waals surface area contributed by atoms with Crippen LogP contribution < -0.4 is 14.8 Å². The SMILES string of the molecule is COc1ccc(Cc2cc(Br)c(OC(C)C)cc2NC(C)=O)cc1. The Labute approximate surface area is 151 Å². The lowest BCUT2D eigenvalue weighted by molar-refractivity contribution is -0.114. The number of hydrogen-bond acceptors (Lipinski definition) is 3. The van der Waals surface area contributed by atoms with Gasteiger partial charge in [0.15, 0.2) is 0 Å². The van der Waals surface area contributed by atoms with E-state index in [1.165, 1.54) is 6.92 Å². The Morgan fingerprint density at radius 1 is 1.21 bits per heavy atom. The van der Waals surface area contributed by atoms with E-state index in [-0.39, 0.29) is 12.0 Å². The van der Waals surface area contributed by atoms with Gasteiger partial charge < -0.3 is 14.8 Å². The smallest absolute Gasteiger partial charge is 0.221 e. The zero-order valence-corrected chi connectivity index (χ0v) is 15.9. The Kier molecular flexibility index (Phi) is 6.26. The molecule has 0 saturated heterocycles. The summed E-state index contributed by atoms with van der Waals surface area (Å²) in [6.45, 7) is 5.44. The second kappa shape index (κ2) is 8.20. The molecule has 128 valence electrons. The van der Waals surface area contributed by atoms with Crippen LogP contribution in [0.5, 0.6) is 11.5 Å². The summed E-state index contributed by atoms with van der Waals surface area (Å²) in [4.78, 5) is 11.5. The van der Waals surface area contributed by atoms with Gasteiger partial charge >= 0.3 is 0 Å². The highest BCUT2D eigenvalue weighted by molar-refractivity contribution is 9.10. The fourth-order valence-corrected chi connectivity index (χ4v) is 2.84. The number of carbonyl (C=O) groups excluding carboxylic acids is 1. The minimum absolute atomic E-state index is 0.0546. The quantitative estimate of drug-likeness (QED) is 0.769. The largest absolute Gasteiger partial charge is 0.497 e. The van der Waals surface area contributed by atoms with Crippen molar-refractivity contribution in [1.29, 1.82) is 0 Å². The Balaban J connectivity index is 2.35. The van der Waals surface area contributed by atoms with Crippen molar-refractivity contribution in [3.05, 3.63) is 52.0 Å². The van der Waals surface area contributed by atoms with E-state index in [0.717, 1.165) is 27.0 Å². The molecule has 0 aliphatic heterocycles. The molecule has 2 aromatic rings. The molecule has 2 aromatic carbocycles. The van der Waals surface area contributed by atoms with E-state index in [1.54, 1.807) is 7.11 Å². The number of carbonyl (C=O) groups is 1. The van der Waals surface area contributed by atoms with Gasteiger partial charge in [0.05, 0.1) is 17.7 Å². The summed E-state index contributed by atoms with van der Waals surface area (Å²) in [6, 6.07) is 11.8. The van der Waals surface area contributed by atoms with Crippen molar-refractivity contribution in [1.82, 2.24) is 0 Å². The molecular weight excluding hydrogens is 370 g/mol. The summed E-state index contributed by atoms with van der Waals surface area (Å²) in [5, 5.41) is 2.89. The molecule has 0 spiro atoms. The molecule has 0 aliphatic carbocycles. The van der Waals surface area contributed by atoms with E-state index in [0.29, 0.717) is 12.2 Å². The van der Waals surface area contributed by atoms with Crippen LogP contribution >= 0.6 is 15.9 Å². The number of halogens is 1. The van der Waals surface area contributed by atoms with Crippen molar-refractivity contribution in [2.24, 2.45) is 0 Å². The highest BCUT2D eigenvalue weighted by Crippen LogP contribution is 2.34. The molecule has 2 rings (SSSR count). The summed E-state index contributed by atoms with van der Waals surface area (Å²) in [5.41, 5.74) is 2.90. The third-order valence-electron chi connectivity index (χ3n) is 3.38. The van der Waals surface area contributed by atoms with E-state index in [9.17, 15) is 4.79 Å². The van der Waals surface area contributed by atoms with Gasteiger partial charge in [0.25, 0.3) is 0 Å². The van der Waals surface area contributed by atoms with Crippen LogP contribution in [-0.4, -0.2) is 19.1 Å². The van der Waals surface area contributed by atoms with E-state index in [4.69, 9.17) is 9.47 Å². The number of hydrogen-bond donors (Lipinski definition) is 1. The molecule has 1 amide bonds. The van der Waals surface area contributed by atoms with Crippen molar-refractivity contribution in [2.45, 2.75) is 33.3 Å². The lowest BCUT2D eigenvalue weighted by atomic mass is 10.0. The predicted molar refractivity (Wildman–Crippen MR) is 100 cm³/mol. The molecule has 1 N–H and O–H groups in total. The first-order chi connectivity index (χ1) is 11.4. The van der Waals surface area contributed by atoms with E-state index < -0.39 is 0 Å². The van der Waals surface area contributed by atoms with Gasteiger partial charge in [-0.3, -0.25) is 4.79 Å². The van der Waals surface area contributed by atoms with Gasteiger partial charge in [-0.15, -0.1) is 0 Å². The molecule has 0 heterocycles. The highest BCUT2D eigenvalue weighted by Gasteiger charge is 2.12. The number of ether oxygens (including phenoxy) is 2. The average Bonchev–Trinajstić information content (AvgIpc) is 2.51. The number of rotatable bonds is 6. The molecule has 0 saturated carbocycles. The first-order valence-corrected chi connectivity index (χ1v) is 8.58. The molecule has 0 aliphatic rings. The Bertz CT molecular complexity index is 711. The molecular formula is C19H22BrNO3. The van der Waals surface area contributed by atoms with Crippen LogP contribution in [0.15, 0.2) is 40.9 Å². The van der Waals surface area contributed by atoms with Gasteiger partial charge in [-0.1, -0.05) is 12.1 Å². The average molecular weight is 392 g/mol. The van der Waals surface area contributed by atoms with Crippen molar-refractivity contribution in [3.63, 3.8) is 0 Å². The predicted octanol–water partition coefficient (Wildman–Crippen LogP) is 4.79. The van der Waals surface area contributed by atoms with Gasteiger partial charge in [0.1, 0.15) is 11.5 Å². The Morgan fingerprint density at radius 3 is 2.42 bits per heavy atom. The molecule has 5 heteroatoms. The zero-order chi connectivity index (χ0) is 17.7. The van der Waals surface area contributed by atoms with Crippen molar-refractivity contribution >= 4 is 27.5 Å². The maximum absolute atomic E-state index is 11.5. The highest BCUT2D eigenvalue weighted by atomic mass is 79.9. The number of amides is 1. The molecule has 0 fully saturated rings. The molecule has 0 unspecified atom stereocenters. The number of anilines is 1. The standard InChI is InChI=1S/C19H22BrNO3/c1-12(2)24-19-11-18(21-13(3)22)15(10-17(19)20)9-14-5-7-16(23-4)8-6-14/h5-8,10-12H,9H2,1-4H3,(H,21,22). The van der Waals surface area contributed by atoms with Crippen molar-refractivity contribution < 1.29 is 14.3 Å². The van der Waals surface area contributed by atoms with Gasteiger partial charge in [0.2, 0.25) is 5.91 Å². The van der Waals surface area contributed by atoms with Gasteiger partial charge in [-0.05, 0) is 65.5 Å². The van der Waals surface area contributed by atoms with Crippen LogP contribution in [0.1, 0.15) is 31.9 Å². The lowest BCUT2D eigenvalue weighted by Crippen LogP contribution is -2.11. The van der Waals surface area contributed by atoms with Gasteiger partial charge in [-0.25, -0.2) is 0 Å². The molecule has 4 nitrogen and oxygen atoms in total. The number of methoxy groups -OCH3 is 1. The van der Waals surface area contributed by atoms with Crippen LogP contribution in [0.2, 0.25) is 0 Å². The fourth-order valence-electron chi connectivity index (χ4n) is 2.35. The first kappa shape index (κ1) is 18.3. The van der Waals surface area contributed by atoms with Gasteiger partial charge in [0, 0.05) is 18.7 Å². The van der Waals surface area contributed by atoms with Crippen LogP contribution in [-0.2, 0) is 11.2 Å². The van der Waals surface area contributed by atoms with E-state index >= 15 is 0 Å². The molecule has 0 bridgehead atoms. The summed E-state index contributed by atoms with van der Waals surface area (Å²) < 4.78 is 11.8. The minimum atomic E-state index is -0.108. The van der Waals surface area contributed by atoms with Crippen LogP contribution in [0.3, 0.4) is 0 Å². The Hall–Kier alpha value is -2.01. The molecule has 24 heavy (non-hydrogen) atoms. The third-order valence-corrected chi connectivity index (χ3v) is 4.00. The Morgan fingerprint density at radius 2 is 1.88 bits per heavy atom. The fraction of sp³-hybridized carbons (Fsp3) is 0.316. The van der Waals surface area contributed by atoms with E-state index in [2.05, 4.69) is 21.2 Å². The van der Waals surface area contributed by atoms with Crippen LogP contribution in [0.4, 0.5) is 5.69 Å². The monoisotopic (exact) mass is 391 g/mol. The number of nitrogens with one attached hydrogen (secondary N) is 1. The summed E-state index contributed by atoms with van der Waals surface area (Å²) in [6.07, 6.45) is 0.749. The topological polar surface area (TPSA) is 47.6 Å². The van der Waals surface area contributed by atoms with Gasteiger partial charge in [-0.2, -0.15) is 0 Å². The summed E-state index contributed by atoms with van der Waals surface area (Å²) in [5.74, 6) is 1.43. The van der Waals surface area contributed by atoms with Crippen molar-refractivity contribution in [3.8, 4) is 11.5 Å². The first-order valence-electron chi connectivity index (χ1n) is 7.78. The maximum atomic E-state index is 11.5. The minimum Gasteiger partial charge on any atom is -0.497 e. The zero-order valence-electron chi connectivity index (χ0n) is 14.4. The lowest BCUT2D eigenvalue weighted by Gasteiger charge is -2.17. The normalized spacial score (nSPS) is 10.6. The van der Waals surface area contributed by atoms with Crippen LogP contribution in [0.25, 0.3) is 0 Å². The second-order valence-electron chi connectivity index (χ2n) is 5.81. The summed E-state index contributed by atoms with van der Waals surface area (Å²) in [7, 11) is 1.65. The van der Waals surface area contributed by atoms with E-state index in [1.807, 2.05) is 50.2 Å². The van der Waals surface area contributed by atoms with Crippen molar-refractivity contribution in [2.75, 3.05) is 12.4 Å². The summed E-state index contributed by atoms with van der Waals surface area (Å²) >= 11 is 3.55. The third kappa shape index (κ3) is 4.99. The molecule has 0 radical (unpaired) electrons. The van der Waals surface area contributed by atoms with Crippen LogP contribution in [0, 0.1) is 0 Å². The number of benzene rings is 2. The molecule has 0 aromatic heterocycles. The second-order valence-corrected chi connectivity index (χ2v) is 6.67. The molecule has 0 atom stereocenters.